The third-order valence-electron chi connectivity index (χ3n) is 4.66. The van der Waals surface area contributed by atoms with Gasteiger partial charge in [0.05, 0.1) is 11.7 Å². The van der Waals surface area contributed by atoms with Gasteiger partial charge >= 0.3 is 0 Å². The largest absolute Gasteiger partial charge is 0.487 e. The Labute approximate surface area is 156 Å². The number of hydrogen-bond donors (Lipinski definition) is 2. The summed E-state index contributed by atoms with van der Waals surface area (Å²) >= 11 is 0. The van der Waals surface area contributed by atoms with Crippen molar-refractivity contribution >= 4 is 5.91 Å². The molecule has 27 heavy (non-hydrogen) atoms. The first-order valence-corrected chi connectivity index (χ1v) is 8.89. The third kappa shape index (κ3) is 3.38. The van der Waals surface area contributed by atoms with Crippen LogP contribution in [0, 0.1) is 0 Å². The van der Waals surface area contributed by atoms with Crippen LogP contribution in [0.5, 0.6) is 5.75 Å². The fourth-order valence-corrected chi connectivity index (χ4v) is 3.45. The molecule has 0 saturated carbocycles. The lowest BCUT2D eigenvalue weighted by atomic mass is 9.89. The quantitative estimate of drug-likeness (QED) is 0.750. The molecule has 1 aromatic heterocycles. The van der Waals surface area contributed by atoms with Crippen molar-refractivity contribution in [3.8, 4) is 11.4 Å². The minimum Gasteiger partial charge on any atom is -0.487 e. The minimum atomic E-state index is -0.393. The number of nitrogens with zero attached hydrogens (tertiary/aromatic N) is 1. The van der Waals surface area contributed by atoms with Gasteiger partial charge in [0.1, 0.15) is 17.0 Å². The number of carbonyl (C=O) groups excluding carboxylic acids is 1. The molecule has 4 rings (SSSR count). The van der Waals surface area contributed by atoms with Crippen LogP contribution in [0.4, 0.5) is 0 Å². The molecule has 0 saturated heterocycles. The van der Waals surface area contributed by atoms with E-state index >= 15 is 0 Å². The van der Waals surface area contributed by atoms with Gasteiger partial charge < -0.3 is 10.1 Å². The molecular weight excluding hydrogens is 342 g/mol. The van der Waals surface area contributed by atoms with Gasteiger partial charge in [0.25, 0.3) is 11.5 Å². The fourth-order valence-electron chi connectivity index (χ4n) is 3.45. The zero-order valence-electron chi connectivity index (χ0n) is 15.2. The van der Waals surface area contributed by atoms with Gasteiger partial charge in [0.2, 0.25) is 0 Å². The summed E-state index contributed by atoms with van der Waals surface area (Å²) < 4.78 is 7.36. The lowest BCUT2D eigenvalue weighted by Crippen LogP contribution is -2.41. The summed E-state index contributed by atoms with van der Waals surface area (Å²) in [6.45, 7) is 3.99. The Bertz CT molecular complexity index is 1030. The van der Waals surface area contributed by atoms with Crippen LogP contribution in [-0.2, 0) is 0 Å². The zero-order chi connectivity index (χ0) is 19.0. The van der Waals surface area contributed by atoms with Crippen LogP contribution < -0.4 is 15.6 Å². The predicted octanol–water partition coefficient (Wildman–Crippen LogP) is 3.20. The highest BCUT2D eigenvalue weighted by atomic mass is 16.5. The van der Waals surface area contributed by atoms with Crippen molar-refractivity contribution in [1.29, 1.82) is 0 Å². The van der Waals surface area contributed by atoms with Crippen molar-refractivity contribution in [1.82, 2.24) is 15.1 Å². The Morgan fingerprint density at radius 2 is 1.85 bits per heavy atom. The monoisotopic (exact) mass is 363 g/mol. The van der Waals surface area contributed by atoms with Crippen molar-refractivity contribution in [2.75, 3.05) is 0 Å². The van der Waals surface area contributed by atoms with E-state index in [0.717, 1.165) is 11.3 Å². The van der Waals surface area contributed by atoms with Crippen LogP contribution in [0.25, 0.3) is 5.69 Å². The Morgan fingerprint density at radius 3 is 2.63 bits per heavy atom. The number of fused-ring (bicyclic) bond motifs is 1. The zero-order valence-corrected chi connectivity index (χ0v) is 15.2. The van der Waals surface area contributed by atoms with Crippen LogP contribution in [0.2, 0.25) is 0 Å². The van der Waals surface area contributed by atoms with Gasteiger partial charge in [-0.05, 0) is 32.0 Å². The molecule has 6 nitrogen and oxygen atoms in total. The van der Waals surface area contributed by atoms with Gasteiger partial charge in [-0.3, -0.25) is 14.7 Å². The molecule has 6 heteroatoms. The molecule has 0 fully saturated rings. The Kier molecular flexibility index (Phi) is 4.11. The average molecular weight is 363 g/mol. The molecule has 2 aromatic carbocycles. The number of para-hydroxylation sites is 2. The number of aromatic amines is 1. The van der Waals surface area contributed by atoms with Crippen LogP contribution in [0.1, 0.15) is 42.4 Å². The topological polar surface area (TPSA) is 76.1 Å². The summed E-state index contributed by atoms with van der Waals surface area (Å²) in [6.07, 6.45) is 0.638. The number of carbonyl (C=O) groups is 1. The number of benzene rings is 2. The molecule has 0 spiro atoms. The first-order valence-electron chi connectivity index (χ1n) is 8.89. The smallest absolute Gasteiger partial charge is 0.271 e. The highest BCUT2D eigenvalue weighted by Gasteiger charge is 2.34. The van der Waals surface area contributed by atoms with Gasteiger partial charge in [-0.2, -0.15) is 0 Å². The summed E-state index contributed by atoms with van der Waals surface area (Å²) in [5, 5.41) is 5.93. The van der Waals surface area contributed by atoms with Crippen molar-refractivity contribution < 1.29 is 9.53 Å². The number of nitrogens with one attached hydrogen (secondary N) is 2. The maximum Gasteiger partial charge on any atom is 0.271 e. The first kappa shape index (κ1) is 17.1. The molecule has 1 unspecified atom stereocenters. The third-order valence-corrected chi connectivity index (χ3v) is 4.66. The molecule has 1 aliphatic heterocycles. The normalized spacial score (nSPS) is 17.6. The van der Waals surface area contributed by atoms with Crippen molar-refractivity contribution in [3.63, 3.8) is 0 Å². The standard InChI is InChI=1S/C21H21N3O3/c1-21(2)13-17(15-10-6-7-11-18(15)27-21)22-20(26)16-12-19(25)24(23-16)14-8-4-3-5-9-14/h3-12,17,23H,13H2,1-2H3,(H,22,26). The maximum atomic E-state index is 12.8. The minimum absolute atomic E-state index is 0.193. The molecule has 1 atom stereocenters. The predicted molar refractivity (Wildman–Crippen MR) is 102 cm³/mol. The van der Waals surface area contributed by atoms with E-state index in [1.54, 1.807) is 12.1 Å². The fraction of sp³-hybridized carbons (Fsp3) is 0.238. The van der Waals surface area contributed by atoms with Gasteiger partial charge in [-0.25, -0.2) is 4.68 Å². The maximum absolute atomic E-state index is 12.8. The number of amides is 1. The number of aromatic nitrogens is 2. The summed E-state index contributed by atoms with van der Waals surface area (Å²) in [5.74, 6) is 0.452. The number of hydrogen-bond acceptors (Lipinski definition) is 3. The molecule has 0 radical (unpaired) electrons. The van der Waals surface area contributed by atoms with E-state index in [1.807, 2.05) is 56.3 Å². The Morgan fingerprint density at radius 1 is 1.15 bits per heavy atom. The summed E-state index contributed by atoms with van der Waals surface area (Å²) in [5.41, 5.74) is 1.18. The van der Waals surface area contributed by atoms with Crippen LogP contribution >= 0.6 is 0 Å². The molecule has 0 bridgehead atoms. The Balaban J connectivity index is 1.61. The van der Waals surface area contributed by atoms with Crippen molar-refractivity contribution in [3.05, 3.63) is 82.3 Å². The number of H-pyrrole nitrogens is 1. The van der Waals surface area contributed by atoms with Gasteiger partial charge in [0, 0.05) is 18.1 Å². The lowest BCUT2D eigenvalue weighted by Gasteiger charge is -2.37. The second kappa shape index (κ2) is 6.46. The molecule has 1 aliphatic rings. The van der Waals surface area contributed by atoms with Gasteiger partial charge in [-0.1, -0.05) is 36.4 Å². The van der Waals surface area contributed by atoms with Crippen LogP contribution in [-0.4, -0.2) is 21.3 Å². The van der Waals surface area contributed by atoms with Gasteiger partial charge in [0.15, 0.2) is 0 Å². The Hall–Kier alpha value is -3.28. The van der Waals surface area contributed by atoms with E-state index in [1.165, 1.54) is 10.7 Å². The average Bonchev–Trinajstić information content (AvgIpc) is 3.03. The molecule has 138 valence electrons. The molecule has 2 heterocycles. The van der Waals surface area contributed by atoms with Crippen LogP contribution in [0.15, 0.2) is 65.5 Å². The van der Waals surface area contributed by atoms with Crippen molar-refractivity contribution in [2.45, 2.75) is 31.9 Å². The summed E-state index contributed by atoms with van der Waals surface area (Å²) in [4.78, 5) is 25.1. The SMILES string of the molecule is CC1(C)CC(NC(=O)c2cc(=O)n(-c3ccccc3)[nH]2)c2ccccc2O1. The van der Waals surface area contributed by atoms with E-state index in [9.17, 15) is 9.59 Å². The molecular formula is C21H21N3O3. The van der Waals surface area contributed by atoms with Crippen molar-refractivity contribution in [2.24, 2.45) is 0 Å². The highest BCUT2D eigenvalue weighted by Crippen LogP contribution is 2.39. The van der Waals surface area contributed by atoms with Crippen LogP contribution in [0.3, 0.4) is 0 Å². The number of rotatable bonds is 3. The highest BCUT2D eigenvalue weighted by molar-refractivity contribution is 5.92. The van der Waals surface area contributed by atoms with E-state index in [-0.39, 0.29) is 23.2 Å². The van der Waals surface area contributed by atoms with E-state index in [0.29, 0.717) is 12.1 Å². The van der Waals surface area contributed by atoms with E-state index in [2.05, 4.69) is 10.4 Å². The molecule has 0 aliphatic carbocycles. The molecule has 3 aromatic rings. The lowest BCUT2D eigenvalue weighted by molar-refractivity contribution is 0.0618. The number of ether oxygens (including phenoxy) is 1. The second-order valence-electron chi connectivity index (χ2n) is 7.31. The van der Waals surface area contributed by atoms with E-state index in [4.69, 9.17) is 4.74 Å². The summed E-state index contributed by atoms with van der Waals surface area (Å²) in [7, 11) is 0. The summed E-state index contributed by atoms with van der Waals surface area (Å²) in [6, 6.07) is 18.0. The first-order chi connectivity index (χ1) is 12.9. The molecule has 2 N–H and O–H groups in total. The van der Waals surface area contributed by atoms with E-state index < -0.39 is 5.60 Å². The molecule has 1 amide bonds. The second-order valence-corrected chi connectivity index (χ2v) is 7.31. The van der Waals surface area contributed by atoms with Gasteiger partial charge in [-0.15, -0.1) is 0 Å².